The van der Waals surface area contributed by atoms with Crippen LogP contribution in [0, 0.1) is 0 Å². The van der Waals surface area contributed by atoms with Gasteiger partial charge in [0.05, 0.1) is 13.5 Å². The van der Waals surface area contributed by atoms with Gasteiger partial charge in [0.15, 0.2) is 0 Å². The first-order chi connectivity index (χ1) is 7.17. The SMILES string of the molecule is COc1cccc(C(CC(=O)O)SC)c1. The Morgan fingerprint density at radius 2 is 2.33 bits per heavy atom. The molecule has 3 nitrogen and oxygen atoms in total. The van der Waals surface area contributed by atoms with Gasteiger partial charge in [-0.05, 0) is 24.0 Å². The van der Waals surface area contributed by atoms with Crippen molar-refractivity contribution in [1.29, 1.82) is 0 Å². The topological polar surface area (TPSA) is 46.5 Å². The van der Waals surface area contributed by atoms with Crippen molar-refractivity contribution in [3.05, 3.63) is 29.8 Å². The lowest BCUT2D eigenvalue weighted by Gasteiger charge is -2.13. The lowest BCUT2D eigenvalue weighted by Crippen LogP contribution is -2.03. The first kappa shape index (κ1) is 11.9. The number of benzene rings is 1. The predicted molar refractivity (Wildman–Crippen MR) is 61.5 cm³/mol. The van der Waals surface area contributed by atoms with Crippen LogP contribution in [0.25, 0.3) is 0 Å². The fourth-order valence-corrected chi connectivity index (χ4v) is 2.07. The van der Waals surface area contributed by atoms with E-state index in [1.165, 1.54) is 11.8 Å². The van der Waals surface area contributed by atoms with Gasteiger partial charge in [0.25, 0.3) is 0 Å². The average molecular weight is 226 g/mol. The highest BCUT2D eigenvalue weighted by Gasteiger charge is 2.14. The maximum atomic E-state index is 10.7. The van der Waals surface area contributed by atoms with Gasteiger partial charge >= 0.3 is 5.97 Å². The van der Waals surface area contributed by atoms with Gasteiger partial charge in [-0.25, -0.2) is 0 Å². The molecule has 0 spiro atoms. The van der Waals surface area contributed by atoms with Crippen molar-refractivity contribution >= 4 is 17.7 Å². The molecule has 1 N–H and O–H groups in total. The number of carboxylic acid groups (broad SMARTS) is 1. The molecular formula is C11H14O3S. The van der Waals surface area contributed by atoms with E-state index >= 15 is 0 Å². The second-order valence-electron chi connectivity index (χ2n) is 3.10. The zero-order valence-electron chi connectivity index (χ0n) is 8.77. The highest BCUT2D eigenvalue weighted by molar-refractivity contribution is 7.98. The van der Waals surface area contributed by atoms with Crippen LogP contribution in [0.15, 0.2) is 24.3 Å². The molecule has 82 valence electrons. The van der Waals surface area contributed by atoms with E-state index in [9.17, 15) is 4.79 Å². The smallest absolute Gasteiger partial charge is 0.304 e. The van der Waals surface area contributed by atoms with Crippen LogP contribution in [0.2, 0.25) is 0 Å². The molecule has 0 fully saturated rings. The first-order valence-electron chi connectivity index (χ1n) is 4.56. The summed E-state index contributed by atoms with van der Waals surface area (Å²) in [5.41, 5.74) is 0.990. The number of hydrogen-bond donors (Lipinski definition) is 1. The number of ether oxygens (including phenoxy) is 1. The minimum Gasteiger partial charge on any atom is -0.497 e. The molecule has 1 atom stereocenters. The number of methoxy groups -OCH3 is 1. The van der Waals surface area contributed by atoms with E-state index in [0.29, 0.717) is 0 Å². The van der Waals surface area contributed by atoms with Gasteiger partial charge in [0, 0.05) is 5.25 Å². The monoisotopic (exact) mass is 226 g/mol. The quantitative estimate of drug-likeness (QED) is 0.838. The summed E-state index contributed by atoms with van der Waals surface area (Å²) in [6.07, 6.45) is 2.04. The maximum Gasteiger partial charge on any atom is 0.304 e. The zero-order chi connectivity index (χ0) is 11.3. The average Bonchev–Trinajstić information content (AvgIpc) is 2.25. The molecule has 0 saturated carbocycles. The molecule has 0 bridgehead atoms. The Morgan fingerprint density at radius 1 is 1.60 bits per heavy atom. The fraction of sp³-hybridized carbons (Fsp3) is 0.364. The van der Waals surface area contributed by atoms with E-state index < -0.39 is 5.97 Å². The summed E-state index contributed by atoms with van der Waals surface area (Å²) in [4.78, 5) is 10.7. The lowest BCUT2D eigenvalue weighted by atomic mass is 10.1. The van der Waals surface area contributed by atoms with Crippen molar-refractivity contribution in [3.63, 3.8) is 0 Å². The third-order valence-corrected chi connectivity index (χ3v) is 3.12. The van der Waals surface area contributed by atoms with Gasteiger partial charge in [0.2, 0.25) is 0 Å². The molecule has 0 aliphatic carbocycles. The molecule has 1 aromatic carbocycles. The fourth-order valence-electron chi connectivity index (χ4n) is 1.34. The number of carbonyl (C=O) groups is 1. The summed E-state index contributed by atoms with van der Waals surface area (Å²) < 4.78 is 5.10. The van der Waals surface area contributed by atoms with E-state index in [-0.39, 0.29) is 11.7 Å². The number of rotatable bonds is 5. The number of aliphatic carboxylic acids is 1. The van der Waals surface area contributed by atoms with Gasteiger partial charge in [-0.15, -0.1) is 0 Å². The summed E-state index contributed by atoms with van der Waals surface area (Å²) in [5, 5.41) is 8.74. The Morgan fingerprint density at radius 3 is 2.87 bits per heavy atom. The van der Waals surface area contributed by atoms with Gasteiger partial charge in [-0.1, -0.05) is 12.1 Å². The molecule has 0 radical (unpaired) electrons. The zero-order valence-corrected chi connectivity index (χ0v) is 9.58. The van der Waals surface area contributed by atoms with Gasteiger partial charge in [-0.3, -0.25) is 4.79 Å². The van der Waals surface area contributed by atoms with E-state index in [0.717, 1.165) is 11.3 Å². The van der Waals surface area contributed by atoms with E-state index in [4.69, 9.17) is 9.84 Å². The summed E-state index contributed by atoms with van der Waals surface area (Å²) in [6, 6.07) is 7.53. The molecule has 0 heterocycles. The molecular weight excluding hydrogens is 212 g/mol. The Bertz CT molecular complexity index is 338. The Balaban J connectivity index is 2.85. The molecule has 15 heavy (non-hydrogen) atoms. The van der Waals surface area contributed by atoms with Crippen LogP contribution < -0.4 is 4.74 Å². The number of thioether (sulfide) groups is 1. The largest absolute Gasteiger partial charge is 0.497 e. The summed E-state index contributed by atoms with van der Waals surface area (Å²) in [7, 11) is 1.60. The van der Waals surface area contributed by atoms with E-state index in [2.05, 4.69) is 0 Å². The maximum absolute atomic E-state index is 10.7. The minimum atomic E-state index is -0.780. The van der Waals surface area contributed by atoms with Crippen molar-refractivity contribution in [2.45, 2.75) is 11.7 Å². The lowest BCUT2D eigenvalue weighted by molar-refractivity contribution is -0.137. The molecule has 0 aliphatic heterocycles. The molecule has 0 saturated heterocycles. The second kappa shape index (κ2) is 5.66. The summed E-state index contributed by atoms with van der Waals surface area (Å²) in [5.74, 6) is -0.0193. The molecule has 0 aromatic heterocycles. The van der Waals surface area contributed by atoms with Crippen molar-refractivity contribution in [2.24, 2.45) is 0 Å². The van der Waals surface area contributed by atoms with Crippen molar-refractivity contribution in [2.75, 3.05) is 13.4 Å². The van der Waals surface area contributed by atoms with Crippen LogP contribution in [0.3, 0.4) is 0 Å². The first-order valence-corrected chi connectivity index (χ1v) is 5.84. The third-order valence-electron chi connectivity index (χ3n) is 2.11. The van der Waals surface area contributed by atoms with Crippen molar-refractivity contribution in [1.82, 2.24) is 0 Å². The Labute approximate surface area is 93.4 Å². The molecule has 1 unspecified atom stereocenters. The van der Waals surface area contributed by atoms with Crippen LogP contribution >= 0.6 is 11.8 Å². The van der Waals surface area contributed by atoms with Gasteiger partial charge < -0.3 is 9.84 Å². The number of carboxylic acids is 1. The predicted octanol–water partition coefficient (Wildman–Crippen LogP) is 2.57. The standard InChI is InChI=1S/C11H14O3S/c1-14-9-5-3-4-8(6-9)10(15-2)7-11(12)13/h3-6,10H,7H2,1-2H3,(H,12,13). The summed E-state index contributed by atoms with van der Waals surface area (Å²) >= 11 is 1.53. The minimum absolute atomic E-state index is 0.0161. The van der Waals surface area contributed by atoms with E-state index in [1.54, 1.807) is 7.11 Å². The third kappa shape index (κ3) is 3.47. The molecule has 1 aromatic rings. The molecule has 4 heteroatoms. The van der Waals surface area contributed by atoms with Gasteiger partial charge in [-0.2, -0.15) is 11.8 Å². The van der Waals surface area contributed by atoms with Crippen LogP contribution in [0.5, 0.6) is 5.75 Å². The molecule has 1 rings (SSSR count). The van der Waals surface area contributed by atoms with Crippen LogP contribution in [0.4, 0.5) is 0 Å². The Kier molecular flexibility index (Phi) is 4.49. The Hall–Kier alpha value is -1.16. The highest BCUT2D eigenvalue weighted by atomic mass is 32.2. The van der Waals surface area contributed by atoms with Gasteiger partial charge in [0.1, 0.15) is 5.75 Å². The summed E-state index contributed by atoms with van der Waals surface area (Å²) in [6.45, 7) is 0. The van der Waals surface area contributed by atoms with Crippen LogP contribution in [-0.4, -0.2) is 24.4 Å². The van der Waals surface area contributed by atoms with Crippen molar-refractivity contribution < 1.29 is 14.6 Å². The second-order valence-corrected chi connectivity index (χ2v) is 4.14. The number of hydrogen-bond acceptors (Lipinski definition) is 3. The van der Waals surface area contributed by atoms with E-state index in [1.807, 2.05) is 30.5 Å². The highest BCUT2D eigenvalue weighted by Crippen LogP contribution is 2.31. The van der Waals surface area contributed by atoms with Crippen LogP contribution in [0.1, 0.15) is 17.2 Å². The molecule has 0 amide bonds. The van der Waals surface area contributed by atoms with Crippen molar-refractivity contribution in [3.8, 4) is 5.75 Å². The normalized spacial score (nSPS) is 12.1. The van der Waals surface area contributed by atoms with Crippen LogP contribution in [-0.2, 0) is 4.79 Å². The molecule has 0 aliphatic rings.